The molecule has 0 amide bonds. The van der Waals surface area contributed by atoms with E-state index in [1.807, 2.05) is 12.3 Å². The van der Waals surface area contributed by atoms with E-state index in [9.17, 15) is 0 Å². The maximum Gasteiger partial charge on any atom is 0.260 e. The number of hydrogen-bond donors (Lipinski definition) is 0. The number of aryl methyl sites for hydroxylation is 1. The van der Waals surface area contributed by atoms with E-state index in [2.05, 4.69) is 14.5 Å². The van der Waals surface area contributed by atoms with Gasteiger partial charge in [0.15, 0.2) is 5.82 Å². The molecule has 0 aromatic carbocycles. The van der Waals surface area contributed by atoms with Gasteiger partial charge in [-0.2, -0.15) is 9.36 Å². The monoisotopic (exact) mass is 237 g/mol. The van der Waals surface area contributed by atoms with E-state index in [-0.39, 0.29) is 5.92 Å². The molecule has 0 saturated carbocycles. The number of hydrogen-bond acceptors (Lipinski definition) is 6. The smallest absolute Gasteiger partial charge is 0.260 e. The lowest BCUT2D eigenvalue weighted by molar-refractivity contribution is 0.192. The molecule has 1 aliphatic heterocycles. The van der Waals surface area contributed by atoms with Crippen LogP contribution in [0.3, 0.4) is 0 Å². The third-order valence-corrected chi connectivity index (χ3v) is 3.44. The van der Waals surface area contributed by atoms with E-state index in [1.54, 1.807) is 0 Å². The summed E-state index contributed by atoms with van der Waals surface area (Å²) >= 11 is 1.40. The Morgan fingerprint density at radius 2 is 2.44 bits per heavy atom. The van der Waals surface area contributed by atoms with Gasteiger partial charge in [0.25, 0.3) is 5.89 Å². The molecule has 0 bridgehead atoms. The second-order valence-corrected chi connectivity index (χ2v) is 4.46. The van der Waals surface area contributed by atoms with Crippen LogP contribution in [-0.2, 0) is 4.74 Å². The summed E-state index contributed by atoms with van der Waals surface area (Å²) in [6.07, 6.45) is 0.972. The molecule has 0 aliphatic carbocycles. The minimum absolute atomic E-state index is 0.282. The van der Waals surface area contributed by atoms with Gasteiger partial charge in [0.05, 0.1) is 17.9 Å². The highest BCUT2D eigenvalue weighted by molar-refractivity contribution is 7.04. The molecule has 1 saturated heterocycles. The number of aromatic nitrogens is 3. The van der Waals surface area contributed by atoms with Crippen molar-refractivity contribution >= 4 is 11.5 Å². The van der Waals surface area contributed by atoms with Crippen LogP contribution in [0.25, 0.3) is 11.5 Å². The minimum atomic E-state index is 0.282. The first-order valence-electron chi connectivity index (χ1n) is 5.17. The van der Waals surface area contributed by atoms with E-state index in [0.29, 0.717) is 12.5 Å². The Hall–Kier alpha value is -1.27. The van der Waals surface area contributed by atoms with Crippen LogP contribution in [0.4, 0.5) is 0 Å². The van der Waals surface area contributed by atoms with Gasteiger partial charge in [0.1, 0.15) is 0 Å². The quantitative estimate of drug-likeness (QED) is 0.799. The fraction of sp³-hybridized carbons (Fsp3) is 0.500. The van der Waals surface area contributed by atoms with E-state index in [1.165, 1.54) is 11.5 Å². The van der Waals surface area contributed by atoms with Crippen LogP contribution in [-0.4, -0.2) is 27.7 Å². The van der Waals surface area contributed by atoms with E-state index in [0.717, 1.165) is 30.1 Å². The summed E-state index contributed by atoms with van der Waals surface area (Å²) in [6.45, 7) is 3.42. The summed E-state index contributed by atoms with van der Waals surface area (Å²) in [5, 5.41) is 5.93. The first-order valence-corrected chi connectivity index (χ1v) is 6.01. The molecule has 16 heavy (non-hydrogen) atoms. The van der Waals surface area contributed by atoms with Crippen LogP contribution in [0.5, 0.6) is 0 Å². The van der Waals surface area contributed by atoms with Gasteiger partial charge in [0.2, 0.25) is 0 Å². The van der Waals surface area contributed by atoms with Crippen molar-refractivity contribution in [2.24, 2.45) is 0 Å². The van der Waals surface area contributed by atoms with Crippen LogP contribution < -0.4 is 0 Å². The molecule has 0 unspecified atom stereocenters. The number of nitrogens with zero attached hydrogens (tertiary/aromatic N) is 3. The lowest BCUT2D eigenvalue weighted by Gasteiger charge is -1.97. The zero-order valence-electron chi connectivity index (χ0n) is 8.84. The van der Waals surface area contributed by atoms with Crippen LogP contribution in [0.15, 0.2) is 9.90 Å². The summed E-state index contributed by atoms with van der Waals surface area (Å²) in [5.74, 6) is 1.59. The highest BCUT2D eigenvalue weighted by atomic mass is 32.1. The van der Waals surface area contributed by atoms with Gasteiger partial charge in [-0.25, -0.2) is 0 Å². The lowest BCUT2D eigenvalue weighted by atomic mass is 10.1. The molecular weight excluding hydrogens is 226 g/mol. The van der Waals surface area contributed by atoms with Crippen LogP contribution in [0.1, 0.15) is 23.9 Å². The van der Waals surface area contributed by atoms with Gasteiger partial charge >= 0.3 is 0 Å². The average molecular weight is 237 g/mol. The standard InChI is InChI=1S/C10H11N3O2S/c1-6-8(5-16-13-6)10-11-9(12-15-10)7-2-3-14-4-7/h5,7H,2-4H2,1H3/t7-/m1/s1. The summed E-state index contributed by atoms with van der Waals surface area (Å²) in [6, 6.07) is 0. The van der Waals surface area contributed by atoms with Gasteiger partial charge in [0, 0.05) is 17.9 Å². The molecule has 3 heterocycles. The Morgan fingerprint density at radius 1 is 1.50 bits per heavy atom. The largest absolute Gasteiger partial charge is 0.381 e. The fourth-order valence-electron chi connectivity index (χ4n) is 1.75. The molecule has 2 aromatic rings. The zero-order chi connectivity index (χ0) is 11.0. The van der Waals surface area contributed by atoms with E-state index in [4.69, 9.17) is 9.26 Å². The van der Waals surface area contributed by atoms with Gasteiger partial charge in [-0.15, -0.1) is 0 Å². The van der Waals surface area contributed by atoms with Crippen molar-refractivity contribution < 1.29 is 9.26 Å². The van der Waals surface area contributed by atoms with Crippen molar-refractivity contribution in [2.45, 2.75) is 19.3 Å². The van der Waals surface area contributed by atoms with Crippen molar-refractivity contribution in [2.75, 3.05) is 13.2 Å². The predicted molar refractivity (Wildman–Crippen MR) is 58.3 cm³/mol. The molecule has 0 spiro atoms. The molecule has 5 nitrogen and oxygen atoms in total. The van der Waals surface area contributed by atoms with Crippen LogP contribution in [0.2, 0.25) is 0 Å². The van der Waals surface area contributed by atoms with Crippen LogP contribution in [0, 0.1) is 6.92 Å². The first-order chi connectivity index (χ1) is 7.84. The van der Waals surface area contributed by atoms with E-state index >= 15 is 0 Å². The zero-order valence-corrected chi connectivity index (χ0v) is 9.66. The maximum absolute atomic E-state index is 5.30. The molecule has 2 aromatic heterocycles. The van der Waals surface area contributed by atoms with E-state index < -0.39 is 0 Å². The van der Waals surface area contributed by atoms with Crippen LogP contribution >= 0.6 is 11.5 Å². The van der Waals surface area contributed by atoms with Gasteiger partial charge in [-0.3, -0.25) is 0 Å². The SMILES string of the molecule is Cc1nscc1-c1nc([C@@H]2CCOC2)no1. The van der Waals surface area contributed by atoms with Crippen molar-refractivity contribution in [3.63, 3.8) is 0 Å². The molecule has 0 N–H and O–H groups in total. The van der Waals surface area contributed by atoms with Gasteiger partial charge in [-0.05, 0) is 24.9 Å². The first kappa shape index (κ1) is 9.92. The second-order valence-electron chi connectivity index (χ2n) is 3.83. The van der Waals surface area contributed by atoms with Gasteiger partial charge in [-0.1, -0.05) is 5.16 Å². The fourth-order valence-corrected chi connectivity index (χ4v) is 2.43. The molecule has 0 radical (unpaired) electrons. The summed E-state index contributed by atoms with van der Waals surface area (Å²) in [5.41, 5.74) is 1.87. The van der Waals surface area contributed by atoms with Crippen molar-refractivity contribution in [1.29, 1.82) is 0 Å². The molecule has 3 rings (SSSR count). The molecule has 6 heteroatoms. The molecule has 1 atom stereocenters. The summed E-state index contributed by atoms with van der Waals surface area (Å²) in [7, 11) is 0. The average Bonchev–Trinajstić information content (AvgIpc) is 2.96. The van der Waals surface area contributed by atoms with Gasteiger partial charge < -0.3 is 9.26 Å². The Labute approximate surface area is 96.6 Å². The lowest BCUT2D eigenvalue weighted by Crippen LogP contribution is -1.99. The number of ether oxygens (including phenoxy) is 1. The molecular formula is C10H11N3O2S. The highest BCUT2D eigenvalue weighted by Gasteiger charge is 2.24. The highest BCUT2D eigenvalue weighted by Crippen LogP contribution is 2.27. The Bertz CT molecular complexity index is 488. The molecule has 1 fully saturated rings. The third-order valence-electron chi connectivity index (χ3n) is 2.72. The Balaban J connectivity index is 1.90. The second kappa shape index (κ2) is 3.95. The Kier molecular flexibility index (Phi) is 2.45. The maximum atomic E-state index is 5.30. The normalized spacial score (nSPS) is 20.4. The minimum Gasteiger partial charge on any atom is -0.381 e. The topological polar surface area (TPSA) is 61.0 Å². The van der Waals surface area contributed by atoms with Crippen molar-refractivity contribution in [3.8, 4) is 11.5 Å². The third kappa shape index (κ3) is 1.64. The summed E-state index contributed by atoms with van der Waals surface area (Å²) in [4.78, 5) is 4.40. The van der Waals surface area contributed by atoms with Crippen molar-refractivity contribution in [1.82, 2.24) is 14.5 Å². The number of rotatable bonds is 2. The molecule has 1 aliphatic rings. The molecule has 84 valence electrons. The van der Waals surface area contributed by atoms with Crippen molar-refractivity contribution in [3.05, 3.63) is 16.9 Å². The Morgan fingerprint density at radius 3 is 3.12 bits per heavy atom. The summed E-state index contributed by atoms with van der Waals surface area (Å²) < 4.78 is 14.7. The predicted octanol–water partition coefficient (Wildman–Crippen LogP) is 2.01.